The van der Waals surface area contributed by atoms with Crippen molar-refractivity contribution in [3.05, 3.63) is 46.9 Å². The van der Waals surface area contributed by atoms with Crippen molar-refractivity contribution >= 4 is 32.3 Å². The second-order valence-corrected chi connectivity index (χ2v) is 11.1. The van der Waals surface area contributed by atoms with Crippen molar-refractivity contribution < 1.29 is 92.0 Å². The number of carbonyl (C=O) groups excluding carboxylic acids is 2. The number of carbonyl (C=O) groups is 2. The molecule has 1 aromatic heterocycles. The average Bonchev–Trinajstić information content (AvgIpc) is 3.50. The van der Waals surface area contributed by atoms with Gasteiger partial charge in [-0.15, -0.1) is 0 Å². The second kappa shape index (κ2) is 15.5. The SMILES string of the molecule is C=O.Cc1ccc(CNc2nc(N3CC4CC4C3)ncc2C(=O)NC2CCC(OP(=O)([O-])[O-])CC2)cc1F.[Na+].[Na+]. The Kier molecular flexibility index (Phi) is 13.7. The van der Waals surface area contributed by atoms with Crippen LogP contribution in [0.4, 0.5) is 16.2 Å². The molecule has 2 aromatic rings. The number of hydrogen-bond donors (Lipinski definition) is 2. The third-order valence-electron chi connectivity index (χ3n) is 7.27. The Morgan fingerprint density at radius 1 is 1.18 bits per heavy atom. The van der Waals surface area contributed by atoms with E-state index in [0.29, 0.717) is 54.8 Å². The van der Waals surface area contributed by atoms with Crippen LogP contribution in [0, 0.1) is 24.6 Å². The largest absolute Gasteiger partial charge is 1.00 e. The van der Waals surface area contributed by atoms with Gasteiger partial charge in [-0.2, -0.15) is 4.98 Å². The summed E-state index contributed by atoms with van der Waals surface area (Å²) in [5.41, 5.74) is 1.56. The van der Waals surface area contributed by atoms with E-state index >= 15 is 0 Å². The number of aromatic nitrogens is 2. The van der Waals surface area contributed by atoms with Crippen molar-refractivity contribution in [2.45, 2.75) is 57.7 Å². The fourth-order valence-corrected chi connectivity index (χ4v) is 5.65. The zero-order valence-corrected chi connectivity index (χ0v) is 28.0. The number of anilines is 2. The molecule has 1 aliphatic heterocycles. The standard InChI is InChI=1S/C24H31FN5O5P.CH2O.2Na/c1-14-2-3-15(8-21(14)25)10-26-22-20(11-27-24(29-22)30-12-16-9-17(16)13-30)23(31)28-18-4-6-19(7-5-18)35-36(32,33)34;1-2;;/h2-3,8,11,16-19H,4-7,9-10,12-13H2,1H3,(H,28,31)(H,26,27,29)(H2,32,33,34);1H2;;/q;;2*+1/p-2. The van der Waals surface area contributed by atoms with Gasteiger partial charge in [0.05, 0.1) is 13.9 Å². The van der Waals surface area contributed by atoms with Gasteiger partial charge in [-0.3, -0.25) is 4.79 Å². The second-order valence-electron chi connectivity index (χ2n) is 10.0. The number of fused-ring (bicyclic) bond motifs is 1. The number of piperidine rings is 1. The predicted octanol–water partition coefficient (Wildman–Crippen LogP) is -4.30. The number of phosphoric acid groups is 1. The number of phosphoric ester groups is 1. The van der Waals surface area contributed by atoms with Gasteiger partial charge in [0.15, 0.2) is 0 Å². The van der Waals surface area contributed by atoms with Gasteiger partial charge >= 0.3 is 59.1 Å². The van der Waals surface area contributed by atoms with Crippen molar-refractivity contribution in [1.82, 2.24) is 15.3 Å². The molecule has 11 nitrogen and oxygen atoms in total. The molecule has 206 valence electrons. The summed E-state index contributed by atoms with van der Waals surface area (Å²) in [6.45, 7) is 5.80. The average molecular weight is 594 g/mol. The van der Waals surface area contributed by atoms with Crippen LogP contribution in [0.25, 0.3) is 0 Å². The summed E-state index contributed by atoms with van der Waals surface area (Å²) in [5.74, 6) is 1.67. The van der Waals surface area contributed by atoms with Gasteiger partial charge in [-0.25, -0.2) is 9.37 Å². The smallest absolute Gasteiger partial charge is 0.790 e. The molecular weight excluding hydrogens is 562 g/mol. The van der Waals surface area contributed by atoms with E-state index in [9.17, 15) is 23.5 Å². The quantitative estimate of drug-likeness (QED) is 0.227. The first kappa shape index (κ1) is 35.3. The molecule has 40 heavy (non-hydrogen) atoms. The number of halogens is 1. The van der Waals surface area contributed by atoms with Crippen molar-refractivity contribution in [3.63, 3.8) is 0 Å². The van der Waals surface area contributed by atoms with Gasteiger partial charge in [0.2, 0.25) is 5.95 Å². The molecule has 1 saturated heterocycles. The van der Waals surface area contributed by atoms with Gasteiger partial charge in [0.1, 0.15) is 24.0 Å². The number of nitrogens with one attached hydrogen (secondary N) is 2. The van der Waals surface area contributed by atoms with Crippen LogP contribution in [0.5, 0.6) is 0 Å². The molecule has 2 unspecified atom stereocenters. The van der Waals surface area contributed by atoms with Crippen molar-refractivity contribution in [2.75, 3.05) is 23.3 Å². The van der Waals surface area contributed by atoms with Gasteiger partial charge in [-0.1, -0.05) is 12.1 Å². The third-order valence-corrected chi connectivity index (χ3v) is 7.82. The maximum atomic E-state index is 14.0. The molecule has 1 amide bonds. The fraction of sp³-hybridized carbons (Fsp3) is 0.520. The topological polar surface area (TPSA) is 160 Å². The maximum Gasteiger partial charge on any atom is 1.00 e. The molecule has 2 saturated carbocycles. The number of benzene rings is 1. The van der Waals surface area contributed by atoms with Crippen LogP contribution in [0.1, 0.15) is 53.6 Å². The van der Waals surface area contributed by atoms with E-state index in [4.69, 9.17) is 4.79 Å². The van der Waals surface area contributed by atoms with E-state index in [1.807, 2.05) is 12.9 Å². The van der Waals surface area contributed by atoms with E-state index in [0.717, 1.165) is 18.7 Å². The van der Waals surface area contributed by atoms with Crippen molar-refractivity contribution in [1.29, 1.82) is 0 Å². The zero-order valence-electron chi connectivity index (χ0n) is 23.1. The summed E-state index contributed by atoms with van der Waals surface area (Å²) < 4.78 is 29.4. The van der Waals surface area contributed by atoms with Gasteiger partial charge < -0.3 is 39.2 Å². The Bertz CT molecular complexity index is 1210. The Labute approximate surface area is 277 Å². The van der Waals surface area contributed by atoms with Crippen LogP contribution in [-0.4, -0.2) is 47.9 Å². The summed E-state index contributed by atoms with van der Waals surface area (Å²) in [7, 11) is -5.03. The Morgan fingerprint density at radius 3 is 2.42 bits per heavy atom. The molecular formula is C25H31FN5Na2O6P. The number of rotatable bonds is 8. The van der Waals surface area contributed by atoms with Gasteiger partial charge in [0.25, 0.3) is 5.91 Å². The number of hydrogen-bond acceptors (Lipinski definition) is 10. The number of nitrogens with zero attached hydrogens (tertiary/aromatic N) is 3. The number of aryl methyl sites for hydroxylation is 1. The van der Waals surface area contributed by atoms with Crippen LogP contribution in [-0.2, 0) is 20.4 Å². The first-order valence-corrected chi connectivity index (χ1v) is 14.0. The molecule has 2 N–H and O–H groups in total. The van der Waals surface area contributed by atoms with Gasteiger partial charge in [-0.05, 0) is 68.1 Å². The zero-order chi connectivity index (χ0) is 27.4. The molecule has 3 fully saturated rings. The van der Waals surface area contributed by atoms with Crippen LogP contribution < -0.4 is 84.4 Å². The van der Waals surface area contributed by atoms with Crippen molar-refractivity contribution in [2.24, 2.45) is 11.8 Å². The minimum Gasteiger partial charge on any atom is -0.790 e. The first-order chi connectivity index (χ1) is 18.1. The summed E-state index contributed by atoms with van der Waals surface area (Å²) >= 11 is 0. The molecule has 2 atom stereocenters. The summed E-state index contributed by atoms with van der Waals surface area (Å²) in [4.78, 5) is 54.1. The van der Waals surface area contributed by atoms with Gasteiger partial charge in [0, 0.05) is 31.9 Å². The summed E-state index contributed by atoms with van der Waals surface area (Å²) in [6.07, 6.45) is 3.79. The summed E-state index contributed by atoms with van der Waals surface area (Å²) in [5, 5.41) is 6.15. The van der Waals surface area contributed by atoms with E-state index in [1.165, 1.54) is 18.7 Å². The predicted molar refractivity (Wildman–Crippen MR) is 134 cm³/mol. The molecule has 15 heteroatoms. The monoisotopic (exact) mass is 593 g/mol. The fourth-order valence-electron chi connectivity index (χ4n) is 5.08. The molecule has 0 radical (unpaired) electrons. The summed E-state index contributed by atoms with van der Waals surface area (Å²) in [6, 6.07) is 4.80. The number of amides is 1. The Morgan fingerprint density at radius 2 is 1.82 bits per heavy atom. The molecule has 5 rings (SSSR count). The van der Waals surface area contributed by atoms with E-state index in [2.05, 4.69) is 30.0 Å². The molecule has 0 bridgehead atoms. The van der Waals surface area contributed by atoms with E-state index in [1.54, 1.807) is 13.0 Å². The van der Waals surface area contributed by atoms with Crippen molar-refractivity contribution in [3.8, 4) is 0 Å². The van der Waals surface area contributed by atoms with Crippen LogP contribution in [0.2, 0.25) is 0 Å². The minimum absolute atomic E-state index is 0. The Balaban J connectivity index is 0.00000137. The molecule has 2 aliphatic carbocycles. The van der Waals surface area contributed by atoms with E-state index < -0.39 is 13.9 Å². The van der Waals surface area contributed by atoms with E-state index in [-0.39, 0.29) is 89.0 Å². The maximum absolute atomic E-state index is 14.0. The normalized spacial score (nSPS) is 22.9. The van der Waals surface area contributed by atoms with Crippen LogP contribution in [0.3, 0.4) is 0 Å². The first-order valence-electron chi connectivity index (χ1n) is 12.6. The molecule has 3 aliphatic rings. The molecule has 0 spiro atoms. The molecule has 1 aromatic carbocycles. The van der Waals surface area contributed by atoms with Crippen LogP contribution >= 0.6 is 7.82 Å². The van der Waals surface area contributed by atoms with Crippen LogP contribution in [0.15, 0.2) is 24.4 Å². The molecule has 2 heterocycles. The Hall–Kier alpha value is -0.920. The minimum atomic E-state index is -5.03. The third kappa shape index (κ3) is 9.55.